The number of amides is 1. The molecule has 1 aliphatic rings. The molecular formula is C38H50F3N9O4Si. The SMILES string of the molecule is CCC(CC(CC)(CC#N)n1cc(-c2ncnc3c2ccn3COCC[Si](C)(C)C)cn1)C1CCN(C(=O)c2cc(COC(C)=O)nc(C(F)(F)F)n2)CC1. The van der Waals surface area contributed by atoms with Gasteiger partial charge in [-0.05, 0) is 55.7 Å². The van der Waals surface area contributed by atoms with Crippen LogP contribution in [0.2, 0.25) is 25.7 Å². The molecule has 1 amide bonds. The van der Waals surface area contributed by atoms with Crippen molar-refractivity contribution in [2.45, 2.75) is 110 Å². The molecule has 0 spiro atoms. The molecule has 1 aliphatic heterocycles. The summed E-state index contributed by atoms with van der Waals surface area (Å²) < 4.78 is 55.5. The van der Waals surface area contributed by atoms with Crippen LogP contribution in [0.25, 0.3) is 22.3 Å². The van der Waals surface area contributed by atoms with Gasteiger partial charge in [0.2, 0.25) is 5.82 Å². The third kappa shape index (κ3) is 10.1. The number of alkyl halides is 3. The lowest BCUT2D eigenvalue weighted by Crippen LogP contribution is -2.43. The van der Waals surface area contributed by atoms with Gasteiger partial charge in [-0.25, -0.2) is 19.9 Å². The Morgan fingerprint density at radius 2 is 1.87 bits per heavy atom. The molecule has 0 bridgehead atoms. The average molecular weight is 782 g/mol. The van der Waals surface area contributed by atoms with Crippen LogP contribution in [0, 0.1) is 23.2 Å². The number of hydrogen-bond acceptors (Lipinski definition) is 10. The number of nitriles is 1. The Morgan fingerprint density at radius 3 is 2.51 bits per heavy atom. The maximum atomic E-state index is 13.6. The molecule has 4 aromatic heterocycles. The summed E-state index contributed by atoms with van der Waals surface area (Å²) in [7, 11) is -1.21. The van der Waals surface area contributed by atoms with Crippen LogP contribution in [0.1, 0.15) is 81.3 Å². The zero-order valence-corrected chi connectivity index (χ0v) is 33.4. The lowest BCUT2D eigenvalue weighted by molar-refractivity contribution is -0.145. The molecule has 0 N–H and O–H groups in total. The van der Waals surface area contributed by atoms with E-state index in [1.807, 2.05) is 27.7 Å². The maximum Gasteiger partial charge on any atom is 0.451 e. The van der Waals surface area contributed by atoms with Gasteiger partial charge in [0.05, 0.1) is 35.6 Å². The van der Waals surface area contributed by atoms with Crippen molar-refractivity contribution in [3.63, 3.8) is 0 Å². The fourth-order valence-electron chi connectivity index (χ4n) is 7.26. The molecule has 1 fully saturated rings. The molecule has 0 aliphatic carbocycles. The van der Waals surface area contributed by atoms with Gasteiger partial charge in [0.1, 0.15) is 31.0 Å². The van der Waals surface area contributed by atoms with Gasteiger partial charge in [0.15, 0.2) is 0 Å². The molecule has 4 aromatic rings. The van der Waals surface area contributed by atoms with Crippen molar-refractivity contribution in [2.24, 2.45) is 11.8 Å². The van der Waals surface area contributed by atoms with E-state index >= 15 is 0 Å². The van der Waals surface area contributed by atoms with E-state index in [1.165, 1.54) is 4.90 Å². The normalized spacial score (nSPS) is 15.8. The van der Waals surface area contributed by atoms with Crippen molar-refractivity contribution in [1.29, 1.82) is 5.26 Å². The van der Waals surface area contributed by atoms with Gasteiger partial charge in [-0.2, -0.15) is 23.5 Å². The number of halogens is 3. The van der Waals surface area contributed by atoms with E-state index in [0.717, 1.165) is 47.7 Å². The molecule has 5 heterocycles. The van der Waals surface area contributed by atoms with Gasteiger partial charge < -0.3 is 18.9 Å². The quantitative estimate of drug-likeness (QED) is 0.0636. The fourth-order valence-corrected chi connectivity index (χ4v) is 8.02. The largest absolute Gasteiger partial charge is 0.459 e. The first-order chi connectivity index (χ1) is 26.1. The summed E-state index contributed by atoms with van der Waals surface area (Å²) in [4.78, 5) is 42.4. The summed E-state index contributed by atoms with van der Waals surface area (Å²) in [6.07, 6.45) is 6.04. The van der Waals surface area contributed by atoms with Crippen molar-refractivity contribution in [2.75, 3.05) is 19.7 Å². The van der Waals surface area contributed by atoms with Gasteiger partial charge in [0, 0.05) is 58.0 Å². The molecule has 0 saturated carbocycles. The van der Waals surface area contributed by atoms with E-state index in [0.29, 0.717) is 52.1 Å². The second-order valence-electron chi connectivity index (χ2n) is 15.5. The first kappa shape index (κ1) is 41.5. The summed E-state index contributed by atoms with van der Waals surface area (Å²) in [6.45, 7) is 13.5. The van der Waals surface area contributed by atoms with Crippen LogP contribution in [0.4, 0.5) is 13.2 Å². The summed E-state index contributed by atoms with van der Waals surface area (Å²) in [6, 6.07) is 6.61. The van der Waals surface area contributed by atoms with Crippen LogP contribution >= 0.6 is 0 Å². The number of fused-ring (bicyclic) bond motifs is 1. The topological polar surface area (TPSA) is 154 Å². The van der Waals surface area contributed by atoms with Gasteiger partial charge in [-0.1, -0.05) is 39.9 Å². The highest BCUT2D eigenvalue weighted by atomic mass is 28.3. The number of ether oxygens (including phenoxy) is 2. The number of piperidine rings is 1. The predicted molar refractivity (Wildman–Crippen MR) is 201 cm³/mol. The van der Waals surface area contributed by atoms with Gasteiger partial charge >= 0.3 is 12.1 Å². The van der Waals surface area contributed by atoms with Crippen LogP contribution in [-0.2, 0) is 39.3 Å². The predicted octanol–water partition coefficient (Wildman–Crippen LogP) is 7.47. The number of rotatable bonds is 16. The fraction of sp³-hybridized carbons (Fsp3) is 0.579. The van der Waals surface area contributed by atoms with Crippen LogP contribution in [0.15, 0.2) is 37.1 Å². The average Bonchev–Trinajstić information content (AvgIpc) is 3.82. The number of carbonyl (C=O) groups excluding carboxylic acids is 2. The van der Waals surface area contributed by atoms with E-state index in [4.69, 9.17) is 14.6 Å². The minimum absolute atomic E-state index is 0.185. The first-order valence-corrected chi connectivity index (χ1v) is 22.5. The standard InChI is InChI=1S/C38H50F3N9O4Si/c1-7-27(28-9-14-48(15-10-28)35(52)32-19-30(23-54-26(3)51)46-36(47-32)38(39,40)41)20-37(8-2,12-13-42)50-22-29(21-45-50)33-31-11-16-49(34(31)44-24-43-33)25-53-17-18-55(4,5)6/h11,16,19,21-22,24,27-28H,7-10,12,14-15,17-18,20,23,25H2,1-6H3. The summed E-state index contributed by atoms with van der Waals surface area (Å²) >= 11 is 0. The highest BCUT2D eigenvalue weighted by molar-refractivity contribution is 6.76. The van der Waals surface area contributed by atoms with Gasteiger partial charge in [-0.3, -0.25) is 14.3 Å². The molecule has 13 nitrogen and oxygen atoms in total. The second-order valence-corrected chi connectivity index (χ2v) is 21.1. The van der Waals surface area contributed by atoms with E-state index in [-0.39, 0.29) is 24.0 Å². The van der Waals surface area contributed by atoms with E-state index in [1.54, 1.807) is 12.5 Å². The molecule has 0 aromatic carbocycles. The smallest absolute Gasteiger partial charge is 0.451 e. The lowest BCUT2D eigenvalue weighted by atomic mass is 9.73. The third-order valence-corrected chi connectivity index (χ3v) is 12.2. The maximum absolute atomic E-state index is 13.6. The van der Waals surface area contributed by atoms with E-state index in [9.17, 15) is 28.0 Å². The van der Waals surface area contributed by atoms with Crippen molar-refractivity contribution in [1.82, 2.24) is 39.2 Å². The summed E-state index contributed by atoms with van der Waals surface area (Å²) in [5.41, 5.74) is 1.12. The van der Waals surface area contributed by atoms with Gasteiger partial charge in [-0.15, -0.1) is 0 Å². The molecule has 5 rings (SSSR count). The highest BCUT2D eigenvalue weighted by Gasteiger charge is 2.39. The Morgan fingerprint density at radius 1 is 1.13 bits per heavy atom. The van der Waals surface area contributed by atoms with Crippen LogP contribution in [0.5, 0.6) is 0 Å². The molecule has 55 heavy (non-hydrogen) atoms. The third-order valence-electron chi connectivity index (χ3n) is 10.5. The molecule has 2 atom stereocenters. The summed E-state index contributed by atoms with van der Waals surface area (Å²) in [5, 5.41) is 15.8. The van der Waals surface area contributed by atoms with Crippen LogP contribution < -0.4 is 0 Å². The molecule has 0 radical (unpaired) electrons. The Bertz CT molecular complexity index is 2000. The Kier molecular flexibility index (Phi) is 13.1. The summed E-state index contributed by atoms with van der Waals surface area (Å²) in [5.74, 6) is -2.39. The molecule has 296 valence electrons. The number of esters is 1. The van der Waals surface area contributed by atoms with Crippen molar-refractivity contribution in [3.8, 4) is 17.3 Å². The molecule has 17 heteroatoms. The first-order valence-electron chi connectivity index (χ1n) is 18.7. The number of carbonyl (C=O) groups is 2. The zero-order valence-electron chi connectivity index (χ0n) is 32.4. The Hall–Kier alpha value is -4.69. The number of aromatic nitrogens is 7. The van der Waals surface area contributed by atoms with E-state index < -0.39 is 49.8 Å². The lowest BCUT2D eigenvalue weighted by Gasteiger charge is -2.40. The minimum Gasteiger partial charge on any atom is -0.459 e. The van der Waals surface area contributed by atoms with E-state index in [2.05, 4.69) is 59.5 Å². The van der Waals surface area contributed by atoms with Crippen molar-refractivity contribution < 1.29 is 32.2 Å². The van der Waals surface area contributed by atoms with Crippen LogP contribution in [0.3, 0.4) is 0 Å². The number of hydrogen-bond donors (Lipinski definition) is 0. The van der Waals surface area contributed by atoms with Crippen molar-refractivity contribution >= 4 is 31.0 Å². The second kappa shape index (κ2) is 17.4. The molecular weight excluding hydrogens is 732 g/mol. The number of nitrogens with zero attached hydrogens (tertiary/aromatic N) is 9. The van der Waals surface area contributed by atoms with Crippen molar-refractivity contribution in [3.05, 3.63) is 54.3 Å². The monoisotopic (exact) mass is 781 g/mol. The Balaban J connectivity index is 1.30. The minimum atomic E-state index is -4.89. The zero-order chi connectivity index (χ0) is 40.0. The molecule has 1 saturated heterocycles. The highest BCUT2D eigenvalue weighted by Crippen LogP contribution is 2.40. The number of likely N-dealkylation sites (tertiary alicyclic amines) is 1. The Labute approximate surface area is 320 Å². The molecule has 2 unspecified atom stereocenters. The van der Waals surface area contributed by atoms with Crippen LogP contribution in [-0.4, -0.2) is 78.8 Å². The van der Waals surface area contributed by atoms with Gasteiger partial charge in [0.25, 0.3) is 5.91 Å².